The monoisotopic (exact) mass is 385 g/mol. The van der Waals surface area contributed by atoms with Crippen molar-refractivity contribution in [3.05, 3.63) is 77.1 Å². The van der Waals surface area contributed by atoms with E-state index in [1.807, 2.05) is 43.4 Å². The largest absolute Gasteiger partial charge is 0.461 e. The summed E-state index contributed by atoms with van der Waals surface area (Å²) in [6.07, 6.45) is 0.666. The van der Waals surface area contributed by atoms with Crippen LogP contribution >= 0.6 is 0 Å². The van der Waals surface area contributed by atoms with Crippen LogP contribution in [0.5, 0.6) is 0 Å². The van der Waals surface area contributed by atoms with Crippen molar-refractivity contribution in [1.82, 2.24) is 9.72 Å². The molecule has 0 aliphatic heterocycles. The first-order valence-corrected chi connectivity index (χ1v) is 9.32. The van der Waals surface area contributed by atoms with Crippen molar-refractivity contribution in [2.24, 2.45) is 7.05 Å². The summed E-state index contributed by atoms with van der Waals surface area (Å²) in [4.78, 5) is 11.8. The number of hydrogen-bond donors (Lipinski definition) is 0. The van der Waals surface area contributed by atoms with E-state index in [0.717, 1.165) is 27.7 Å². The number of carbonyl (C=O) groups excluding carboxylic acids is 1. The molecule has 0 fully saturated rings. The van der Waals surface area contributed by atoms with E-state index < -0.39 is 5.97 Å². The Bertz CT molecular complexity index is 1230. The fourth-order valence-corrected chi connectivity index (χ4v) is 3.48. The van der Waals surface area contributed by atoms with Gasteiger partial charge in [-0.25, -0.2) is 4.79 Å². The molecule has 0 unspecified atom stereocenters. The summed E-state index contributed by atoms with van der Waals surface area (Å²) in [6, 6.07) is 19.7. The minimum atomic E-state index is -0.522. The fraction of sp³-hybridized carbons (Fsp3) is 0.174. The second-order valence-electron chi connectivity index (χ2n) is 6.68. The molecule has 0 aliphatic rings. The summed E-state index contributed by atoms with van der Waals surface area (Å²) in [6.45, 7) is 2.01. The van der Waals surface area contributed by atoms with Crippen LogP contribution in [0.25, 0.3) is 22.2 Å². The molecule has 144 valence electrons. The maximum absolute atomic E-state index is 11.8. The van der Waals surface area contributed by atoms with Crippen LogP contribution in [0.15, 0.2) is 59.1 Å². The third-order valence-corrected chi connectivity index (χ3v) is 4.93. The van der Waals surface area contributed by atoms with E-state index in [9.17, 15) is 10.1 Å². The van der Waals surface area contributed by atoms with E-state index in [1.54, 1.807) is 13.0 Å². The number of esters is 1. The smallest absolute Gasteiger partial charge is 0.360 e. The highest BCUT2D eigenvalue weighted by Crippen LogP contribution is 2.31. The van der Waals surface area contributed by atoms with Gasteiger partial charge in [0.2, 0.25) is 0 Å². The van der Waals surface area contributed by atoms with Crippen LogP contribution in [0.4, 0.5) is 0 Å². The number of nitriles is 1. The predicted molar refractivity (Wildman–Crippen MR) is 108 cm³/mol. The first kappa shape index (κ1) is 18.5. The van der Waals surface area contributed by atoms with E-state index in [0.29, 0.717) is 17.7 Å². The van der Waals surface area contributed by atoms with E-state index in [4.69, 9.17) is 9.26 Å². The maximum atomic E-state index is 11.8. The highest BCUT2D eigenvalue weighted by atomic mass is 16.5. The number of aromatic nitrogens is 2. The van der Waals surface area contributed by atoms with Crippen LogP contribution in [0.1, 0.15) is 34.2 Å². The van der Waals surface area contributed by atoms with Crippen LogP contribution in [0.2, 0.25) is 0 Å². The zero-order valence-electron chi connectivity index (χ0n) is 16.2. The molecule has 2 aromatic heterocycles. The van der Waals surface area contributed by atoms with Gasteiger partial charge in [-0.1, -0.05) is 35.5 Å². The topological polar surface area (TPSA) is 81.0 Å². The van der Waals surface area contributed by atoms with Gasteiger partial charge < -0.3 is 13.8 Å². The van der Waals surface area contributed by atoms with Crippen molar-refractivity contribution in [3.8, 4) is 17.4 Å². The summed E-state index contributed by atoms with van der Waals surface area (Å²) in [7, 11) is 1.97. The minimum Gasteiger partial charge on any atom is -0.461 e. The average Bonchev–Trinajstić information content (AvgIpc) is 3.33. The summed E-state index contributed by atoms with van der Waals surface area (Å²) in [5.74, 6) is -0.0709. The predicted octanol–water partition coefficient (Wildman–Crippen LogP) is 4.47. The SMILES string of the molecule is CCOC(=O)c1cc(-c2ccc3c(c2)c(C#N)c(Cc2ccccc2)n3C)on1. The van der Waals surface area contributed by atoms with E-state index in [-0.39, 0.29) is 12.3 Å². The molecular weight excluding hydrogens is 366 g/mol. The third-order valence-electron chi connectivity index (χ3n) is 4.93. The minimum absolute atomic E-state index is 0.125. The van der Waals surface area contributed by atoms with Gasteiger partial charge in [0.25, 0.3) is 0 Å². The lowest BCUT2D eigenvalue weighted by Gasteiger charge is -2.05. The molecule has 0 aliphatic carbocycles. The number of rotatable bonds is 5. The number of hydrogen-bond acceptors (Lipinski definition) is 5. The summed E-state index contributed by atoms with van der Waals surface area (Å²) >= 11 is 0. The van der Waals surface area contributed by atoms with Crippen molar-refractivity contribution in [1.29, 1.82) is 5.26 Å². The van der Waals surface area contributed by atoms with Crippen molar-refractivity contribution < 1.29 is 14.1 Å². The summed E-state index contributed by atoms with van der Waals surface area (Å²) < 4.78 is 12.3. The van der Waals surface area contributed by atoms with Crippen LogP contribution in [0.3, 0.4) is 0 Å². The number of benzene rings is 2. The summed E-state index contributed by atoms with van der Waals surface area (Å²) in [5, 5.41) is 14.5. The molecule has 2 aromatic carbocycles. The van der Waals surface area contributed by atoms with Crippen molar-refractivity contribution in [2.45, 2.75) is 13.3 Å². The molecule has 6 heteroatoms. The molecule has 4 rings (SSSR count). The lowest BCUT2D eigenvalue weighted by molar-refractivity contribution is 0.0514. The Morgan fingerprint density at radius 1 is 1.21 bits per heavy atom. The molecule has 0 atom stereocenters. The van der Waals surface area contributed by atoms with Gasteiger partial charge in [0.1, 0.15) is 6.07 Å². The molecule has 0 radical (unpaired) electrons. The fourth-order valence-electron chi connectivity index (χ4n) is 3.48. The Kier molecular flexibility index (Phi) is 4.88. The third kappa shape index (κ3) is 3.39. The highest BCUT2D eigenvalue weighted by molar-refractivity contribution is 5.92. The molecule has 0 N–H and O–H groups in total. The van der Waals surface area contributed by atoms with Crippen molar-refractivity contribution >= 4 is 16.9 Å². The summed E-state index contributed by atoms with van der Waals surface area (Å²) in [5.41, 5.74) is 4.56. The molecule has 0 saturated heterocycles. The van der Waals surface area contributed by atoms with Crippen LogP contribution in [-0.4, -0.2) is 22.3 Å². The number of nitrogens with zero attached hydrogens (tertiary/aromatic N) is 3. The molecular formula is C23H19N3O3. The second kappa shape index (κ2) is 7.64. The molecule has 0 saturated carbocycles. The van der Waals surface area contributed by atoms with Crippen molar-refractivity contribution in [3.63, 3.8) is 0 Å². The van der Waals surface area contributed by atoms with Gasteiger partial charge in [-0.05, 0) is 30.7 Å². The first-order valence-electron chi connectivity index (χ1n) is 9.32. The quantitative estimate of drug-likeness (QED) is 0.473. The van der Waals surface area contributed by atoms with Gasteiger partial charge in [-0.3, -0.25) is 0 Å². The van der Waals surface area contributed by atoms with Gasteiger partial charge in [-0.15, -0.1) is 0 Å². The standard InChI is InChI=1S/C23H19N3O3/c1-3-28-23(27)19-13-22(29-25-19)16-9-10-20-17(12-16)18(14-24)21(26(20)2)11-15-7-5-4-6-8-15/h4-10,12-13H,3,11H2,1-2H3. The Morgan fingerprint density at radius 2 is 2.00 bits per heavy atom. The molecule has 0 spiro atoms. The molecule has 4 aromatic rings. The molecule has 2 heterocycles. The molecule has 29 heavy (non-hydrogen) atoms. The number of carbonyl (C=O) groups is 1. The lowest BCUT2D eigenvalue weighted by atomic mass is 10.0. The number of fused-ring (bicyclic) bond motifs is 1. The van der Waals surface area contributed by atoms with Gasteiger partial charge in [0, 0.05) is 41.7 Å². The van der Waals surface area contributed by atoms with Gasteiger partial charge in [0.05, 0.1) is 12.2 Å². The van der Waals surface area contributed by atoms with Crippen LogP contribution in [0, 0.1) is 11.3 Å². The Balaban J connectivity index is 1.76. The molecule has 0 bridgehead atoms. The normalized spacial score (nSPS) is 10.8. The zero-order chi connectivity index (χ0) is 20.4. The second-order valence-corrected chi connectivity index (χ2v) is 6.68. The van der Waals surface area contributed by atoms with E-state index in [1.165, 1.54) is 0 Å². The van der Waals surface area contributed by atoms with Crippen LogP contribution < -0.4 is 0 Å². The Hall–Kier alpha value is -3.85. The van der Waals surface area contributed by atoms with Crippen molar-refractivity contribution in [2.75, 3.05) is 6.61 Å². The average molecular weight is 385 g/mol. The Morgan fingerprint density at radius 3 is 2.72 bits per heavy atom. The number of ether oxygens (including phenoxy) is 1. The van der Waals surface area contributed by atoms with Crippen LogP contribution in [-0.2, 0) is 18.2 Å². The first-order chi connectivity index (χ1) is 14.1. The van der Waals surface area contributed by atoms with E-state index >= 15 is 0 Å². The van der Waals surface area contributed by atoms with Gasteiger partial charge in [-0.2, -0.15) is 5.26 Å². The lowest BCUT2D eigenvalue weighted by Crippen LogP contribution is -2.04. The molecule has 6 nitrogen and oxygen atoms in total. The molecule has 0 amide bonds. The maximum Gasteiger partial charge on any atom is 0.360 e. The zero-order valence-corrected chi connectivity index (χ0v) is 16.2. The Labute approximate surface area is 167 Å². The van der Waals surface area contributed by atoms with Gasteiger partial charge >= 0.3 is 5.97 Å². The number of aryl methyl sites for hydroxylation is 1. The van der Waals surface area contributed by atoms with Gasteiger partial charge in [0.15, 0.2) is 11.5 Å². The highest BCUT2D eigenvalue weighted by Gasteiger charge is 2.19. The van der Waals surface area contributed by atoms with E-state index in [2.05, 4.69) is 27.9 Å².